The first-order chi connectivity index (χ1) is 8.66. The minimum absolute atomic E-state index is 0.820. The van der Waals surface area contributed by atoms with Gasteiger partial charge in [0, 0.05) is 25.5 Å². The first kappa shape index (κ1) is 15.7. The predicted molar refractivity (Wildman–Crippen MR) is 78.0 cm³/mol. The number of unbranched alkanes of at least 4 members (excludes halogenated alkanes) is 1. The molecule has 4 nitrogen and oxygen atoms in total. The summed E-state index contributed by atoms with van der Waals surface area (Å²) in [5, 5.41) is 7.91. The molecule has 0 amide bonds. The van der Waals surface area contributed by atoms with Gasteiger partial charge in [-0.25, -0.2) is 0 Å². The molecule has 0 spiro atoms. The van der Waals surface area contributed by atoms with Gasteiger partial charge in [-0.15, -0.1) is 0 Å². The lowest BCUT2D eigenvalue weighted by molar-refractivity contribution is 0.143. The van der Waals surface area contributed by atoms with Crippen LogP contribution in [-0.2, 0) is 11.3 Å². The Hall–Kier alpha value is -0.390. The number of hydrogen-bond donors (Lipinski definition) is 1. The Morgan fingerprint density at radius 2 is 2.06 bits per heavy atom. The normalized spacial score (nSPS) is 11.1. The van der Waals surface area contributed by atoms with Gasteiger partial charge in [-0.05, 0) is 56.1 Å². The monoisotopic (exact) mass is 317 g/mol. The lowest BCUT2D eigenvalue weighted by Crippen LogP contribution is -2.22. The fourth-order valence-electron chi connectivity index (χ4n) is 1.80. The van der Waals surface area contributed by atoms with E-state index in [1.165, 1.54) is 12.1 Å². The van der Waals surface area contributed by atoms with E-state index in [-0.39, 0.29) is 0 Å². The molecule has 1 heterocycles. The van der Waals surface area contributed by atoms with Crippen molar-refractivity contribution >= 4 is 15.9 Å². The minimum atomic E-state index is 0.820. The first-order valence-electron chi connectivity index (χ1n) is 6.64. The molecule has 0 bridgehead atoms. The number of ether oxygens (including phenoxy) is 1. The Morgan fingerprint density at radius 1 is 1.28 bits per heavy atom. The van der Waals surface area contributed by atoms with Gasteiger partial charge in [0.2, 0.25) is 0 Å². The van der Waals surface area contributed by atoms with Crippen molar-refractivity contribution in [1.29, 1.82) is 0 Å². The summed E-state index contributed by atoms with van der Waals surface area (Å²) in [6.45, 7) is 10.8. The van der Waals surface area contributed by atoms with E-state index < -0.39 is 0 Å². The highest BCUT2D eigenvalue weighted by Gasteiger charge is 2.07. The van der Waals surface area contributed by atoms with Crippen molar-refractivity contribution in [2.75, 3.05) is 26.3 Å². The fraction of sp³-hybridized carbons (Fsp3) is 0.769. The largest absolute Gasteiger partial charge is 0.382 e. The van der Waals surface area contributed by atoms with Crippen molar-refractivity contribution in [2.24, 2.45) is 0 Å². The second-order valence-corrected chi connectivity index (χ2v) is 5.15. The quantitative estimate of drug-likeness (QED) is 0.712. The van der Waals surface area contributed by atoms with Gasteiger partial charge in [-0.1, -0.05) is 0 Å². The third-order valence-electron chi connectivity index (χ3n) is 2.89. The van der Waals surface area contributed by atoms with Crippen molar-refractivity contribution in [3.63, 3.8) is 0 Å². The number of nitrogens with zero attached hydrogens (tertiary/aromatic N) is 2. The summed E-state index contributed by atoms with van der Waals surface area (Å²) in [5.41, 5.74) is 2.26. The van der Waals surface area contributed by atoms with Crippen molar-refractivity contribution in [2.45, 2.75) is 40.2 Å². The Kier molecular flexibility index (Phi) is 7.54. The minimum Gasteiger partial charge on any atom is -0.382 e. The van der Waals surface area contributed by atoms with Crippen LogP contribution in [-0.4, -0.2) is 36.1 Å². The lowest BCUT2D eigenvalue weighted by Gasteiger charge is -2.06. The standard InChI is InChI=1S/C13H24BrN3O/c1-4-18-10-6-5-7-15-8-9-17-12(3)13(14)11(2)16-17/h15H,4-10H2,1-3H3. The van der Waals surface area contributed by atoms with Crippen LogP contribution in [0.1, 0.15) is 31.2 Å². The summed E-state index contributed by atoms with van der Waals surface area (Å²) >= 11 is 3.54. The number of rotatable bonds is 9. The van der Waals surface area contributed by atoms with Crippen LogP contribution < -0.4 is 5.32 Å². The zero-order chi connectivity index (χ0) is 13.4. The van der Waals surface area contributed by atoms with E-state index in [1.807, 2.05) is 18.5 Å². The van der Waals surface area contributed by atoms with Gasteiger partial charge in [0.25, 0.3) is 0 Å². The molecule has 0 aliphatic carbocycles. The molecule has 0 aliphatic heterocycles. The molecular weight excluding hydrogens is 294 g/mol. The molecule has 0 radical (unpaired) electrons. The highest BCUT2D eigenvalue weighted by atomic mass is 79.9. The number of aromatic nitrogens is 2. The van der Waals surface area contributed by atoms with Gasteiger partial charge >= 0.3 is 0 Å². The average Bonchev–Trinajstić information content (AvgIpc) is 2.60. The Balaban J connectivity index is 2.09. The summed E-state index contributed by atoms with van der Waals surface area (Å²) < 4.78 is 8.47. The molecule has 104 valence electrons. The molecule has 18 heavy (non-hydrogen) atoms. The third-order valence-corrected chi connectivity index (χ3v) is 4.04. The Bertz CT molecular complexity index is 352. The second kappa shape index (κ2) is 8.67. The van der Waals surface area contributed by atoms with E-state index in [9.17, 15) is 0 Å². The van der Waals surface area contributed by atoms with Crippen LogP contribution >= 0.6 is 15.9 Å². The number of aryl methyl sites for hydroxylation is 1. The average molecular weight is 318 g/mol. The van der Waals surface area contributed by atoms with E-state index in [0.717, 1.165) is 49.4 Å². The van der Waals surface area contributed by atoms with Crippen LogP contribution in [0.2, 0.25) is 0 Å². The third kappa shape index (κ3) is 5.08. The molecule has 1 rings (SSSR count). The van der Waals surface area contributed by atoms with Crippen molar-refractivity contribution in [3.8, 4) is 0 Å². The topological polar surface area (TPSA) is 39.1 Å². The highest BCUT2D eigenvalue weighted by molar-refractivity contribution is 9.10. The van der Waals surface area contributed by atoms with Gasteiger partial charge < -0.3 is 10.1 Å². The maximum absolute atomic E-state index is 5.29. The van der Waals surface area contributed by atoms with Crippen LogP contribution in [0.3, 0.4) is 0 Å². The lowest BCUT2D eigenvalue weighted by atomic mass is 10.3. The molecule has 5 heteroatoms. The van der Waals surface area contributed by atoms with Crippen LogP contribution in [0.25, 0.3) is 0 Å². The zero-order valence-electron chi connectivity index (χ0n) is 11.6. The Labute approximate surface area is 118 Å². The SMILES string of the molecule is CCOCCCCNCCn1nc(C)c(Br)c1C. The van der Waals surface area contributed by atoms with Crippen molar-refractivity contribution < 1.29 is 4.74 Å². The van der Waals surface area contributed by atoms with E-state index in [4.69, 9.17) is 4.74 Å². The van der Waals surface area contributed by atoms with Gasteiger partial charge in [-0.3, -0.25) is 4.68 Å². The number of halogens is 1. The van der Waals surface area contributed by atoms with E-state index in [0.29, 0.717) is 0 Å². The van der Waals surface area contributed by atoms with Gasteiger partial charge in [-0.2, -0.15) is 5.10 Å². The van der Waals surface area contributed by atoms with Crippen LogP contribution in [0.5, 0.6) is 0 Å². The summed E-state index contributed by atoms with van der Waals surface area (Å²) in [6.07, 6.45) is 2.30. The Morgan fingerprint density at radius 3 is 2.67 bits per heavy atom. The highest BCUT2D eigenvalue weighted by Crippen LogP contribution is 2.19. The summed E-state index contributed by atoms with van der Waals surface area (Å²) in [5.74, 6) is 0. The van der Waals surface area contributed by atoms with Gasteiger partial charge in [0.05, 0.1) is 16.7 Å². The van der Waals surface area contributed by atoms with E-state index in [2.05, 4.69) is 33.3 Å². The van der Waals surface area contributed by atoms with Gasteiger partial charge in [0.15, 0.2) is 0 Å². The number of hydrogen-bond acceptors (Lipinski definition) is 3. The van der Waals surface area contributed by atoms with E-state index in [1.54, 1.807) is 0 Å². The molecule has 0 aliphatic rings. The fourth-order valence-corrected chi connectivity index (χ4v) is 2.09. The van der Waals surface area contributed by atoms with Crippen LogP contribution in [0.4, 0.5) is 0 Å². The molecule has 0 unspecified atom stereocenters. The van der Waals surface area contributed by atoms with Crippen LogP contribution in [0, 0.1) is 13.8 Å². The smallest absolute Gasteiger partial charge is 0.0738 e. The molecule has 1 aromatic rings. The summed E-state index contributed by atoms with van der Waals surface area (Å²) in [4.78, 5) is 0. The molecule has 1 aromatic heterocycles. The molecule has 0 saturated carbocycles. The van der Waals surface area contributed by atoms with Crippen molar-refractivity contribution in [1.82, 2.24) is 15.1 Å². The maximum Gasteiger partial charge on any atom is 0.0738 e. The zero-order valence-corrected chi connectivity index (χ0v) is 13.2. The van der Waals surface area contributed by atoms with Crippen molar-refractivity contribution in [3.05, 3.63) is 15.9 Å². The van der Waals surface area contributed by atoms with E-state index >= 15 is 0 Å². The molecular formula is C13H24BrN3O. The summed E-state index contributed by atoms with van der Waals surface area (Å²) in [7, 11) is 0. The first-order valence-corrected chi connectivity index (χ1v) is 7.44. The van der Waals surface area contributed by atoms with Crippen LogP contribution in [0.15, 0.2) is 4.47 Å². The molecule has 1 N–H and O–H groups in total. The molecule has 0 saturated heterocycles. The number of nitrogens with one attached hydrogen (secondary N) is 1. The molecule has 0 fully saturated rings. The predicted octanol–water partition coefficient (Wildman–Crippen LogP) is 2.67. The summed E-state index contributed by atoms with van der Waals surface area (Å²) in [6, 6.07) is 0. The molecule has 0 atom stereocenters. The van der Waals surface area contributed by atoms with Gasteiger partial charge in [0.1, 0.15) is 0 Å². The maximum atomic E-state index is 5.29. The molecule has 0 aromatic carbocycles. The second-order valence-electron chi connectivity index (χ2n) is 4.36.